The highest BCUT2D eigenvalue weighted by atomic mass is 16.5. The summed E-state index contributed by atoms with van der Waals surface area (Å²) < 4.78 is 13.8. The van der Waals surface area contributed by atoms with Crippen LogP contribution in [0.1, 0.15) is 0 Å². The average Bonchev–Trinajstić information content (AvgIpc) is 3.19. The van der Waals surface area contributed by atoms with Gasteiger partial charge in [-0.1, -0.05) is 12.1 Å². The second kappa shape index (κ2) is 6.27. The maximum absolute atomic E-state index is 13.2. The Morgan fingerprint density at radius 1 is 1.15 bits per heavy atom. The Hall–Kier alpha value is -3.19. The van der Waals surface area contributed by atoms with Crippen molar-refractivity contribution in [3.63, 3.8) is 0 Å². The zero-order chi connectivity index (χ0) is 18.3. The van der Waals surface area contributed by atoms with Gasteiger partial charge < -0.3 is 13.7 Å². The third kappa shape index (κ3) is 2.36. The summed E-state index contributed by atoms with van der Waals surface area (Å²) in [6.45, 7) is 0.582. The molecule has 3 heterocycles. The van der Waals surface area contributed by atoms with Gasteiger partial charge >= 0.3 is 0 Å². The summed E-state index contributed by atoms with van der Waals surface area (Å²) in [5.41, 5.74) is 0.337. The van der Waals surface area contributed by atoms with E-state index in [0.29, 0.717) is 29.2 Å². The van der Waals surface area contributed by atoms with Crippen molar-refractivity contribution in [1.29, 1.82) is 0 Å². The fourth-order valence-corrected chi connectivity index (χ4v) is 3.18. The van der Waals surface area contributed by atoms with E-state index in [9.17, 15) is 9.59 Å². The van der Waals surface area contributed by atoms with E-state index in [-0.39, 0.29) is 17.4 Å². The molecular formula is C19H17N3O4. The minimum absolute atomic E-state index is 0.0672. The molecule has 4 aromatic rings. The normalized spacial score (nSPS) is 11.5. The van der Waals surface area contributed by atoms with Crippen molar-refractivity contribution in [3.05, 3.63) is 63.2 Å². The summed E-state index contributed by atoms with van der Waals surface area (Å²) in [5, 5.41) is 0.558. The summed E-state index contributed by atoms with van der Waals surface area (Å²) >= 11 is 0. The van der Waals surface area contributed by atoms with E-state index in [2.05, 4.69) is 4.98 Å². The highest BCUT2D eigenvalue weighted by Crippen LogP contribution is 2.20. The van der Waals surface area contributed by atoms with Gasteiger partial charge in [0, 0.05) is 19.5 Å². The topological polar surface area (TPSA) is 79.3 Å². The van der Waals surface area contributed by atoms with Crippen molar-refractivity contribution in [1.82, 2.24) is 14.1 Å². The monoisotopic (exact) mass is 351 g/mol. The minimum atomic E-state index is -0.398. The lowest BCUT2D eigenvalue weighted by Crippen LogP contribution is -2.30. The molecule has 1 aromatic carbocycles. The van der Waals surface area contributed by atoms with Gasteiger partial charge in [0.1, 0.15) is 5.39 Å². The molecule has 0 saturated heterocycles. The molecule has 0 saturated carbocycles. The molecular weight excluding hydrogens is 334 g/mol. The van der Waals surface area contributed by atoms with Crippen molar-refractivity contribution in [3.8, 4) is 11.6 Å². The van der Waals surface area contributed by atoms with Crippen LogP contribution in [-0.2, 0) is 18.3 Å². The van der Waals surface area contributed by atoms with E-state index in [1.165, 1.54) is 10.8 Å². The van der Waals surface area contributed by atoms with E-state index in [1.54, 1.807) is 43.0 Å². The number of rotatable bonds is 4. The molecule has 0 atom stereocenters. The molecule has 0 bridgehead atoms. The van der Waals surface area contributed by atoms with Crippen LogP contribution in [0, 0.1) is 0 Å². The van der Waals surface area contributed by atoms with Crippen molar-refractivity contribution in [2.75, 3.05) is 13.7 Å². The second-order valence-electron chi connectivity index (χ2n) is 5.97. The number of furan rings is 1. The van der Waals surface area contributed by atoms with Crippen LogP contribution in [0.4, 0.5) is 0 Å². The van der Waals surface area contributed by atoms with Crippen LogP contribution in [0.25, 0.3) is 33.5 Å². The second-order valence-corrected chi connectivity index (χ2v) is 5.97. The molecule has 0 spiro atoms. The van der Waals surface area contributed by atoms with Crippen molar-refractivity contribution in [2.45, 2.75) is 6.54 Å². The van der Waals surface area contributed by atoms with Gasteiger partial charge in [0.05, 0.1) is 24.9 Å². The molecule has 0 aliphatic heterocycles. The molecule has 0 aliphatic carbocycles. The number of benzene rings is 1. The van der Waals surface area contributed by atoms with E-state index in [1.807, 2.05) is 12.1 Å². The van der Waals surface area contributed by atoms with Gasteiger partial charge in [0.25, 0.3) is 5.56 Å². The number of para-hydroxylation sites is 1. The van der Waals surface area contributed by atoms with Gasteiger partial charge in [0.15, 0.2) is 17.2 Å². The van der Waals surface area contributed by atoms with Crippen molar-refractivity contribution < 1.29 is 9.15 Å². The first kappa shape index (κ1) is 16.3. The number of nitrogens with zero attached hydrogens (tertiary/aromatic N) is 3. The molecule has 7 heteroatoms. The molecule has 7 nitrogen and oxygen atoms in total. The Morgan fingerprint density at radius 3 is 2.69 bits per heavy atom. The molecule has 0 N–H and O–H groups in total. The molecule has 26 heavy (non-hydrogen) atoms. The van der Waals surface area contributed by atoms with Gasteiger partial charge in [-0.25, -0.2) is 4.98 Å². The highest BCUT2D eigenvalue weighted by molar-refractivity contribution is 5.91. The van der Waals surface area contributed by atoms with Gasteiger partial charge in [-0.15, -0.1) is 0 Å². The number of fused-ring (bicyclic) bond motifs is 2. The smallest absolute Gasteiger partial charge is 0.267 e. The lowest BCUT2D eigenvalue weighted by atomic mass is 10.1. The number of ether oxygens (including phenoxy) is 1. The fourth-order valence-electron chi connectivity index (χ4n) is 3.18. The molecule has 0 radical (unpaired) electrons. The number of hydrogen-bond donors (Lipinski definition) is 0. The molecule has 4 rings (SSSR count). The predicted molar refractivity (Wildman–Crippen MR) is 98.3 cm³/mol. The maximum Gasteiger partial charge on any atom is 0.267 e. The van der Waals surface area contributed by atoms with Crippen LogP contribution < -0.4 is 11.0 Å². The zero-order valence-electron chi connectivity index (χ0n) is 14.4. The Bertz CT molecular complexity index is 1220. The average molecular weight is 351 g/mol. The van der Waals surface area contributed by atoms with Crippen LogP contribution >= 0.6 is 0 Å². The highest BCUT2D eigenvalue weighted by Gasteiger charge is 2.19. The lowest BCUT2D eigenvalue weighted by molar-refractivity contribution is 0.186. The Morgan fingerprint density at radius 2 is 1.96 bits per heavy atom. The Balaban J connectivity index is 2.18. The molecule has 0 amide bonds. The first-order valence-electron chi connectivity index (χ1n) is 8.18. The summed E-state index contributed by atoms with van der Waals surface area (Å²) in [7, 11) is 3.35. The summed E-state index contributed by atoms with van der Waals surface area (Å²) in [5.74, 6) is 0.829. The predicted octanol–water partition coefficient (Wildman–Crippen LogP) is 2.15. The standard InChI is InChI=1S/C19H17N3O4/c1-21-13-7-4-3-6-12(13)16(23)15-18(21)20-17(14-8-5-10-26-14)22(19(15)24)9-11-25-2/h3-8,10H,9,11H2,1-2H3. The SMILES string of the molecule is COCCn1c(-c2ccco2)nc2c(c(=O)c3ccccc3n2C)c1=O. The summed E-state index contributed by atoms with van der Waals surface area (Å²) in [4.78, 5) is 30.8. The largest absolute Gasteiger partial charge is 0.461 e. The maximum atomic E-state index is 13.2. The number of pyridine rings is 1. The fraction of sp³-hybridized carbons (Fsp3) is 0.211. The number of methoxy groups -OCH3 is 1. The van der Waals surface area contributed by atoms with Crippen molar-refractivity contribution >= 4 is 21.9 Å². The van der Waals surface area contributed by atoms with Gasteiger partial charge in [0.2, 0.25) is 5.43 Å². The number of aromatic nitrogens is 3. The summed E-state index contributed by atoms with van der Waals surface area (Å²) in [6.07, 6.45) is 1.52. The van der Waals surface area contributed by atoms with Crippen LogP contribution in [-0.4, -0.2) is 27.8 Å². The minimum Gasteiger partial charge on any atom is -0.461 e. The lowest BCUT2D eigenvalue weighted by Gasteiger charge is -2.14. The quantitative estimate of drug-likeness (QED) is 0.527. The first-order chi connectivity index (χ1) is 12.6. The van der Waals surface area contributed by atoms with E-state index < -0.39 is 5.56 Å². The molecule has 132 valence electrons. The Labute approximate surface area is 148 Å². The van der Waals surface area contributed by atoms with E-state index in [4.69, 9.17) is 9.15 Å². The Kier molecular flexibility index (Phi) is 3.93. The molecule has 3 aromatic heterocycles. The van der Waals surface area contributed by atoms with Gasteiger partial charge in [-0.3, -0.25) is 14.2 Å². The van der Waals surface area contributed by atoms with Crippen LogP contribution in [0.5, 0.6) is 0 Å². The zero-order valence-corrected chi connectivity index (χ0v) is 14.4. The number of aryl methyl sites for hydroxylation is 1. The molecule has 0 fully saturated rings. The molecule has 0 aliphatic rings. The summed E-state index contributed by atoms with van der Waals surface area (Å²) in [6, 6.07) is 10.6. The van der Waals surface area contributed by atoms with Gasteiger partial charge in [-0.2, -0.15) is 0 Å². The van der Waals surface area contributed by atoms with E-state index >= 15 is 0 Å². The van der Waals surface area contributed by atoms with Gasteiger partial charge in [-0.05, 0) is 24.3 Å². The van der Waals surface area contributed by atoms with Crippen LogP contribution in [0.3, 0.4) is 0 Å². The van der Waals surface area contributed by atoms with Crippen molar-refractivity contribution in [2.24, 2.45) is 7.05 Å². The van der Waals surface area contributed by atoms with E-state index in [0.717, 1.165) is 5.52 Å². The van der Waals surface area contributed by atoms with Crippen LogP contribution in [0.15, 0.2) is 56.7 Å². The van der Waals surface area contributed by atoms with Crippen LogP contribution in [0.2, 0.25) is 0 Å². The number of hydrogen-bond acceptors (Lipinski definition) is 5. The third-order valence-electron chi connectivity index (χ3n) is 4.47. The molecule has 0 unspecified atom stereocenters. The third-order valence-corrected chi connectivity index (χ3v) is 4.47. The first-order valence-corrected chi connectivity index (χ1v) is 8.18.